The van der Waals surface area contributed by atoms with Crippen molar-refractivity contribution in [1.82, 2.24) is 4.90 Å². The van der Waals surface area contributed by atoms with E-state index >= 15 is 0 Å². The van der Waals surface area contributed by atoms with Gasteiger partial charge in [-0.05, 0) is 43.7 Å². The van der Waals surface area contributed by atoms with Crippen LogP contribution in [0, 0.1) is 11.3 Å². The fourth-order valence-electron chi connectivity index (χ4n) is 2.60. The molecule has 1 fully saturated rings. The van der Waals surface area contributed by atoms with E-state index < -0.39 is 0 Å². The number of hydrogen-bond acceptors (Lipinski definition) is 2. The number of hydrogen-bond donors (Lipinski definition) is 0. The van der Waals surface area contributed by atoms with E-state index in [9.17, 15) is 0 Å². The molecule has 1 aliphatic rings. The minimum atomic E-state index is 0.463. The van der Waals surface area contributed by atoms with E-state index in [1.165, 1.54) is 32.4 Å². The first-order valence-corrected chi connectivity index (χ1v) is 7.43. The molecule has 0 aliphatic carbocycles. The lowest BCUT2D eigenvalue weighted by Gasteiger charge is -2.29. The van der Waals surface area contributed by atoms with Crippen LogP contribution >= 0.6 is 11.6 Å². The summed E-state index contributed by atoms with van der Waals surface area (Å²) in [5.74, 6) is 1.47. The van der Waals surface area contributed by atoms with E-state index in [0.717, 1.165) is 19.1 Å². The van der Waals surface area contributed by atoms with Crippen LogP contribution in [-0.2, 0) is 4.74 Å². The van der Waals surface area contributed by atoms with Crippen LogP contribution in [0.1, 0.15) is 40.0 Å². The van der Waals surface area contributed by atoms with Crippen LogP contribution in [0.2, 0.25) is 0 Å². The highest BCUT2D eigenvalue weighted by Crippen LogP contribution is 2.34. The summed E-state index contributed by atoms with van der Waals surface area (Å²) in [4.78, 5) is 2.54. The van der Waals surface area contributed by atoms with Gasteiger partial charge in [-0.15, -0.1) is 11.6 Å². The number of alkyl halides is 1. The molecule has 0 aromatic rings. The molecule has 0 radical (unpaired) electrons. The molecule has 0 aromatic heterocycles. The lowest BCUT2D eigenvalue weighted by atomic mass is 9.77. The summed E-state index contributed by atoms with van der Waals surface area (Å²) in [7, 11) is 0. The zero-order valence-electron chi connectivity index (χ0n) is 11.7. The Kier molecular flexibility index (Phi) is 6.83. The Labute approximate surface area is 112 Å². The fourth-order valence-corrected chi connectivity index (χ4v) is 2.70. The van der Waals surface area contributed by atoms with Gasteiger partial charge in [0.05, 0.1) is 13.2 Å². The molecule has 0 spiro atoms. The van der Waals surface area contributed by atoms with E-state index in [1.807, 2.05) is 0 Å². The maximum atomic E-state index is 5.58. The van der Waals surface area contributed by atoms with Crippen molar-refractivity contribution in [2.24, 2.45) is 11.3 Å². The second-order valence-electron chi connectivity index (χ2n) is 6.14. The van der Waals surface area contributed by atoms with Crippen molar-refractivity contribution >= 4 is 11.6 Å². The summed E-state index contributed by atoms with van der Waals surface area (Å²) in [6, 6.07) is 0. The summed E-state index contributed by atoms with van der Waals surface area (Å²) >= 11 is 5.58. The number of likely N-dealkylation sites (tertiary alicyclic amines) is 1. The molecule has 1 saturated heterocycles. The molecular weight excluding hydrogens is 234 g/mol. The van der Waals surface area contributed by atoms with E-state index in [2.05, 4.69) is 25.7 Å². The van der Waals surface area contributed by atoms with Crippen LogP contribution in [0.25, 0.3) is 0 Å². The van der Waals surface area contributed by atoms with Gasteiger partial charge in [-0.25, -0.2) is 0 Å². The van der Waals surface area contributed by atoms with Gasteiger partial charge in [-0.3, -0.25) is 0 Å². The van der Waals surface area contributed by atoms with E-state index in [4.69, 9.17) is 16.3 Å². The number of halogens is 1. The normalized spacial score (nSPS) is 23.6. The molecule has 102 valence electrons. The summed E-state index contributed by atoms with van der Waals surface area (Å²) < 4.78 is 5.45. The Morgan fingerprint density at radius 2 is 1.94 bits per heavy atom. The predicted octanol–water partition coefficient (Wildman–Crippen LogP) is 3.39. The van der Waals surface area contributed by atoms with Gasteiger partial charge in [0.1, 0.15) is 0 Å². The first-order chi connectivity index (χ1) is 8.04. The molecule has 0 aromatic carbocycles. The van der Waals surface area contributed by atoms with Crippen LogP contribution in [0.15, 0.2) is 0 Å². The highest BCUT2D eigenvalue weighted by molar-refractivity contribution is 6.17. The molecule has 2 nitrogen and oxygen atoms in total. The molecule has 1 aliphatic heterocycles. The third-order valence-electron chi connectivity index (χ3n) is 3.82. The Morgan fingerprint density at radius 3 is 2.59 bits per heavy atom. The maximum absolute atomic E-state index is 5.58. The van der Waals surface area contributed by atoms with E-state index in [-0.39, 0.29) is 0 Å². The van der Waals surface area contributed by atoms with Crippen LogP contribution in [0.4, 0.5) is 0 Å². The monoisotopic (exact) mass is 261 g/mol. The zero-order valence-corrected chi connectivity index (χ0v) is 12.4. The van der Waals surface area contributed by atoms with Crippen molar-refractivity contribution < 1.29 is 4.74 Å². The number of nitrogens with zero attached hydrogens (tertiary/aromatic N) is 1. The smallest absolute Gasteiger partial charge is 0.0602 e. The maximum Gasteiger partial charge on any atom is 0.0602 e. The van der Waals surface area contributed by atoms with E-state index in [0.29, 0.717) is 17.9 Å². The van der Waals surface area contributed by atoms with Gasteiger partial charge in [0.15, 0.2) is 0 Å². The molecule has 3 heteroatoms. The van der Waals surface area contributed by atoms with E-state index in [1.54, 1.807) is 0 Å². The van der Waals surface area contributed by atoms with Gasteiger partial charge in [0.25, 0.3) is 0 Å². The summed E-state index contributed by atoms with van der Waals surface area (Å²) in [5, 5.41) is 0. The molecule has 0 N–H and O–H groups in total. The van der Waals surface area contributed by atoms with Gasteiger partial charge >= 0.3 is 0 Å². The predicted molar refractivity (Wildman–Crippen MR) is 74.8 cm³/mol. The quantitative estimate of drug-likeness (QED) is 0.556. The third kappa shape index (κ3) is 6.08. The van der Waals surface area contributed by atoms with Crippen molar-refractivity contribution in [2.75, 3.05) is 38.7 Å². The molecule has 0 bridgehead atoms. The van der Waals surface area contributed by atoms with Crippen molar-refractivity contribution in [3.63, 3.8) is 0 Å². The van der Waals surface area contributed by atoms with Crippen molar-refractivity contribution in [2.45, 2.75) is 40.0 Å². The lowest BCUT2D eigenvalue weighted by Crippen LogP contribution is -2.29. The summed E-state index contributed by atoms with van der Waals surface area (Å²) in [5.41, 5.74) is 0.463. The van der Waals surface area contributed by atoms with Crippen molar-refractivity contribution in [3.05, 3.63) is 0 Å². The number of ether oxygens (including phenoxy) is 1. The van der Waals surface area contributed by atoms with Gasteiger partial charge in [-0.2, -0.15) is 0 Å². The molecular formula is C14H28ClNO. The Balaban J connectivity index is 2.23. The molecule has 0 amide bonds. The Morgan fingerprint density at radius 1 is 1.18 bits per heavy atom. The standard InChI is InChI=1S/C14H28ClNO/c1-14(2,3)13-5-4-8-16(9-6-13)10-12-17-11-7-15/h13H,4-12H2,1-3H3. The highest BCUT2D eigenvalue weighted by Gasteiger charge is 2.26. The van der Waals surface area contributed by atoms with Crippen molar-refractivity contribution in [3.8, 4) is 0 Å². The van der Waals surface area contributed by atoms with Crippen LogP contribution in [0.3, 0.4) is 0 Å². The van der Waals surface area contributed by atoms with Gasteiger partial charge in [0, 0.05) is 12.4 Å². The molecule has 1 unspecified atom stereocenters. The average molecular weight is 262 g/mol. The third-order valence-corrected chi connectivity index (χ3v) is 3.97. The second-order valence-corrected chi connectivity index (χ2v) is 6.51. The minimum absolute atomic E-state index is 0.463. The largest absolute Gasteiger partial charge is 0.379 e. The van der Waals surface area contributed by atoms with Gasteiger partial charge in [0.2, 0.25) is 0 Å². The SMILES string of the molecule is CC(C)(C)C1CCCN(CCOCCCl)CC1. The summed E-state index contributed by atoms with van der Waals surface area (Å²) in [6.45, 7) is 12.1. The highest BCUT2D eigenvalue weighted by atomic mass is 35.5. The number of rotatable bonds is 5. The zero-order chi connectivity index (χ0) is 12.7. The van der Waals surface area contributed by atoms with Crippen LogP contribution in [0.5, 0.6) is 0 Å². The Hall–Kier alpha value is 0.210. The molecule has 1 atom stereocenters. The Bertz CT molecular complexity index is 203. The topological polar surface area (TPSA) is 12.5 Å². The van der Waals surface area contributed by atoms with Gasteiger partial charge < -0.3 is 9.64 Å². The lowest BCUT2D eigenvalue weighted by molar-refractivity contribution is 0.114. The first kappa shape index (κ1) is 15.3. The van der Waals surface area contributed by atoms with Crippen LogP contribution in [-0.4, -0.2) is 43.6 Å². The average Bonchev–Trinajstić information content (AvgIpc) is 2.49. The molecule has 1 heterocycles. The fraction of sp³-hybridized carbons (Fsp3) is 1.00. The second kappa shape index (κ2) is 7.60. The van der Waals surface area contributed by atoms with Crippen LogP contribution < -0.4 is 0 Å². The molecule has 0 saturated carbocycles. The van der Waals surface area contributed by atoms with Crippen molar-refractivity contribution in [1.29, 1.82) is 0 Å². The summed E-state index contributed by atoms with van der Waals surface area (Å²) in [6.07, 6.45) is 4.04. The minimum Gasteiger partial charge on any atom is -0.379 e. The molecule has 17 heavy (non-hydrogen) atoms. The molecule has 1 rings (SSSR count). The van der Waals surface area contributed by atoms with Gasteiger partial charge in [-0.1, -0.05) is 20.8 Å². The first-order valence-electron chi connectivity index (χ1n) is 6.90.